The predicted molar refractivity (Wildman–Crippen MR) is 79.8 cm³/mol. The van der Waals surface area contributed by atoms with E-state index in [1.165, 1.54) is 0 Å². The minimum Gasteiger partial charge on any atom is -0.373 e. The van der Waals surface area contributed by atoms with Gasteiger partial charge in [-0.15, -0.1) is 0 Å². The molecule has 2 N–H and O–H groups in total. The van der Waals surface area contributed by atoms with Gasteiger partial charge in [0.2, 0.25) is 0 Å². The van der Waals surface area contributed by atoms with Crippen LogP contribution in [0.25, 0.3) is 0 Å². The molecule has 0 saturated carbocycles. The van der Waals surface area contributed by atoms with Crippen LogP contribution in [0, 0.1) is 0 Å². The summed E-state index contributed by atoms with van der Waals surface area (Å²) in [4.78, 5) is 2.33. The zero-order valence-electron chi connectivity index (χ0n) is 11.3. The third-order valence-electron chi connectivity index (χ3n) is 3.45. The smallest absolute Gasteiger partial charge is 0.0678 e. The number of hydrogen-bond donors (Lipinski definition) is 1. The molecule has 0 unspecified atom stereocenters. The van der Waals surface area contributed by atoms with Gasteiger partial charge < -0.3 is 10.5 Å². The average Bonchev–Trinajstić information content (AvgIpc) is 2.34. The summed E-state index contributed by atoms with van der Waals surface area (Å²) >= 11 is 12.4. The molecule has 2 rings (SSSR count). The van der Waals surface area contributed by atoms with Crippen molar-refractivity contribution in [2.45, 2.75) is 32.1 Å². The number of halogens is 2. The van der Waals surface area contributed by atoms with Crippen LogP contribution in [0.2, 0.25) is 10.0 Å². The Morgan fingerprint density at radius 2 is 1.95 bits per heavy atom. The Morgan fingerprint density at radius 3 is 2.53 bits per heavy atom. The summed E-state index contributed by atoms with van der Waals surface area (Å²) in [5, 5.41) is 1.18. The first kappa shape index (κ1) is 15.1. The Bertz CT molecular complexity index is 431. The molecule has 0 aliphatic carbocycles. The number of ether oxygens (including phenoxy) is 1. The Hall–Kier alpha value is -0.320. The molecule has 0 radical (unpaired) electrons. The van der Waals surface area contributed by atoms with Crippen molar-refractivity contribution in [2.75, 3.05) is 19.6 Å². The maximum Gasteiger partial charge on any atom is 0.0678 e. The maximum absolute atomic E-state index is 6.31. The molecule has 5 heteroatoms. The lowest BCUT2D eigenvalue weighted by Gasteiger charge is -2.40. The molecule has 0 amide bonds. The molecule has 3 atom stereocenters. The normalized spacial score (nSPS) is 26.4. The first-order valence-corrected chi connectivity index (χ1v) is 7.32. The summed E-state index contributed by atoms with van der Waals surface area (Å²) in [6, 6.07) is 5.79. The van der Waals surface area contributed by atoms with E-state index in [2.05, 4.69) is 18.7 Å². The Kier molecular flexibility index (Phi) is 5.09. The van der Waals surface area contributed by atoms with Crippen molar-refractivity contribution in [2.24, 2.45) is 5.73 Å². The van der Waals surface area contributed by atoms with E-state index in [-0.39, 0.29) is 18.2 Å². The maximum atomic E-state index is 6.31. The van der Waals surface area contributed by atoms with Crippen LogP contribution in [-0.4, -0.2) is 36.7 Å². The van der Waals surface area contributed by atoms with Crippen LogP contribution in [0.1, 0.15) is 25.5 Å². The van der Waals surface area contributed by atoms with Crippen molar-refractivity contribution in [3.63, 3.8) is 0 Å². The average molecular weight is 303 g/mol. The standard InChI is InChI=1S/C14H20Cl2N2O/c1-9-7-18(8-10(2)19-9)13(6-17)11-4-3-5-12(15)14(11)16/h3-5,9-10,13H,6-8,17H2,1-2H3/t9-,10+,13-/m1/s1. The highest BCUT2D eigenvalue weighted by Crippen LogP contribution is 2.33. The van der Waals surface area contributed by atoms with E-state index >= 15 is 0 Å². The molecular formula is C14H20Cl2N2O. The van der Waals surface area contributed by atoms with Crippen molar-refractivity contribution >= 4 is 23.2 Å². The SMILES string of the molecule is C[C@@H]1CN([C@H](CN)c2cccc(Cl)c2Cl)C[C@H](C)O1. The van der Waals surface area contributed by atoms with Crippen LogP contribution in [0.15, 0.2) is 18.2 Å². The van der Waals surface area contributed by atoms with Crippen LogP contribution < -0.4 is 5.73 Å². The fourth-order valence-electron chi connectivity index (χ4n) is 2.72. The van der Waals surface area contributed by atoms with Crippen LogP contribution >= 0.6 is 23.2 Å². The highest BCUT2D eigenvalue weighted by molar-refractivity contribution is 6.42. The molecule has 1 aromatic rings. The quantitative estimate of drug-likeness (QED) is 0.932. The van der Waals surface area contributed by atoms with Gasteiger partial charge in [-0.1, -0.05) is 35.3 Å². The second kappa shape index (κ2) is 6.42. The fraction of sp³-hybridized carbons (Fsp3) is 0.571. The molecule has 1 aliphatic heterocycles. The van der Waals surface area contributed by atoms with Gasteiger partial charge in [-0.05, 0) is 25.5 Å². The van der Waals surface area contributed by atoms with E-state index in [1.54, 1.807) is 6.07 Å². The van der Waals surface area contributed by atoms with E-state index in [4.69, 9.17) is 33.7 Å². The van der Waals surface area contributed by atoms with Gasteiger partial charge in [-0.2, -0.15) is 0 Å². The lowest BCUT2D eigenvalue weighted by Crippen LogP contribution is -2.48. The van der Waals surface area contributed by atoms with E-state index in [0.717, 1.165) is 18.7 Å². The van der Waals surface area contributed by atoms with Crippen molar-refractivity contribution in [1.82, 2.24) is 4.90 Å². The Balaban J connectivity index is 2.26. The van der Waals surface area contributed by atoms with E-state index < -0.39 is 0 Å². The van der Waals surface area contributed by atoms with Crippen molar-refractivity contribution in [3.05, 3.63) is 33.8 Å². The lowest BCUT2D eigenvalue weighted by molar-refractivity contribution is -0.0799. The molecule has 1 aliphatic rings. The molecule has 0 bridgehead atoms. The van der Waals surface area contributed by atoms with Gasteiger partial charge in [0.15, 0.2) is 0 Å². The van der Waals surface area contributed by atoms with E-state index in [1.807, 2.05) is 12.1 Å². The number of hydrogen-bond acceptors (Lipinski definition) is 3. The topological polar surface area (TPSA) is 38.5 Å². The first-order valence-electron chi connectivity index (χ1n) is 6.56. The zero-order valence-corrected chi connectivity index (χ0v) is 12.8. The lowest BCUT2D eigenvalue weighted by atomic mass is 10.0. The second-order valence-electron chi connectivity index (χ2n) is 5.11. The number of rotatable bonds is 3. The number of benzene rings is 1. The second-order valence-corrected chi connectivity index (χ2v) is 5.89. The van der Waals surface area contributed by atoms with Crippen molar-refractivity contribution < 1.29 is 4.74 Å². The van der Waals surface area contributed by atoms with Gasteiger partial charge in [0.05, 0.1) is 22.3 Å². The molecule has 1 heterocycles. The number of morpholine rings is 1. The summed E-state index contributed by atoms with van der Waals surface area (Å²) < 4.78 is 5.76. The summed E-state index contributed by atoms with van der Waals surface area (Å²) in [5.41, 5.74) is 6.96. The van der Waals surface area contributed by atoms with Gasteiger partial charge in [0.25, 0.3) is 0 Å². The third kappa shape index (κ3) is 3.41. The summed E-state index contributed by atoms with van der Waals surface area (Å²) in [7, 11) is 0. The molecular weight excluding hydrogens is 283 g/mol. The van der Waals surface area contributed by atoms with Gasteiger partial charge in [0, 0.05) is 25.7 Å². The minimum atomic E-state index is 0.0833. The van der Waals surface area contributed by atoms with Gasteiger partial charge in [-0.25, -0.2) is 0 Å². The summed E-state index contributed by atoms with van der Waals surface area (Å²) in [6.07, 6.45) is 0.409. The summed E-state index contributed by atoms with van der Waals surface area (Å²) in [6.45, 7) is 6.38. The molecule has 1 fully saturated rings. The van der Waals surface area contributed by atoms with Crippen LogP contribution in [0.4, 0.5) is 0 Å². The number of nitrogens with zero attached hydrogens (tertiary/aromatic N) is 1. The Morgan fingerprint density at radius 1 is 1.32 bits per heavy atom. The molecule has 0 spiro atoms. The van der Waals surface area contributed by atoms with Gasteiger partial charge in [-0.3, -0.25) is 4.90 Å². The number of nitrogens with two attached hydrogens (primary N) is 1. The largest absolute Gasteiger partial charge is 0.373 e. The monoisotopic (exact) mass is 302 g/mol. The van der Waals surface area contributed by atoms with E-state index in [9.17, 15) is 0 Å². The van der Waals surface area contributed by atoms with Crippen LogP contribution in [0.3, 0.4) is 0 Å². The fourth-order valence-corrected chi connectivity index (χ4v) is 3.16. The molecule has 1 saturated heterocycles. The molecule has 0 aromatic heterocycles. The van der Waals surface area contributed by atoms with Crippen molar-refractivity contribution in [1.29, 1.82) is 0 Å². The van der Waals surface area contributed by atoms with E-state index in [0.29, 0.717) is 16.6 Å². The predicted octanol–water partition coefficient (Wildman–Crippen LogP) is 3.10. The summed E-state index contributed by atoms with van der Waals surface area (Å²) in [5.74, 6) is 0. The van der Waals surface area contributed by atoms with Crippen LogP contribution in [-0.2, 0) is 4.74 Å². The Labute approximate surface area is 124 Å². The van der Waals surface area contributed by atoms with Gasteiger partial charge in [0.1, 0.15) is 0 Å². The van der Waals surface area contributed by atoms with Crippen LogP contribution in [0.5, 0.6) is 0 Å². The first-order chi connectivity index (χ1) is 9.02. The van der Waals surface area contributed by atoms with Crippen molar-refractivity contribution in [3.8, 4) is 0 Å². The minimum absolute atomic E-state index is 0.0833. The van der Waals surface area contributed by atoms with Gasteiger partial charge >= 0.3 is 0 Å². The molecule has 1 aromatic carbocycles. The third-order valence-corrected chi connectivity index (χ3v) is 4.29. The highest BCUT2D eigenvalue weighted by Gasteiger charge is 2.29. The molecule has 3 nitrogen and oxygen atoms in total. The molecule has 106 valence electrons. The highest BCUT2D eigenvalue weighted by atomic mass is 35.5. The molecule has 19 heavy (non-hydrogen) atoms. The zero-order chi connectivity index (χ0) is 14.0.